The van der Waals surface area contributed by atoms with Crippen LogP contribution in [-0.2, 0) is 10.0 Å². The van der Waals surface area contributed by atoms with E-state index in [1.165, 1.54) is 0 Å². The zero-order chi connectivity index (χ0) is 19.9. The van der Waals surface area contributed by atoms with Gasteiger partial charge in [0.05, 0.1) is 18.6 Å². The molecule has 1 aromatic rings. The summed E-state index contributed by atoms with van der Waals surface area (Å²) >= 11 is 6.13. The van der Waals surface area contributed by atoms with Gasteiger partial charge in [-0.05, 0) is 31.5 Å². The van der Waals surface area contributed by atoms with Gasteiger partial charge < -0.3 is 20.3 Å². The van der Waals surface area contributed by atoms with E-state index in [2.05, 4.69) is 25.2 Å². The van der Waals surface area contributed by atoms with Gasteiger partial charge in [0.1, 0.15) is 5.75 Å². The van der Waals surface area contributed by atoms with Crippen LogP contribution in [0.1, 0.15) is 13.3 Å². The zero-order valence-electron chi connectivity index (χ0n) is 16.0. The maximum absolute atomic E-state index is 11.4. The number of nitrogens with zero attached hydrogens (tertiary/aromatic N) is 2. The van der Waals surface area contributed by atoms with Crippen LogP contribution in [0.2, 0.25) is 5.02 Å². The lowest BCUT2D eigenvalue weighted by atomic mass is 10.2. The van der Waals surface area contributed by atoms with Gasteiger partial charge in [0, 0.05) is 44.3 Å². The van der Waals surface area contributed by atoms with Gasteiger partial charge in [0.25, 0.3) is 0 Å². The second-order valence-electron chi connectivity index (χ2n) is 6.19. The second-order valence-corrected chi connectivity index (χ2v) is 8.72. The largest absolute Gasteiger partial charge is 0.495 e. The average Bonchev–Trinajstić information content (AvgIpc) is 3.12. The van der Waals surface area contributed by atoms with Crippen LogP contribution in [0.3, 0.4) is 0 Å². The molecule has 3 N–H and O–H groups in total. The molecule has 1 atom stereocenters. The molecule has 1 heterocycles. The molecule has 1 aliphatic rings. The molecule has 152 valence electrons. The van der Waals surface area contributed by atoms with E-state index in [0.717, 1.165) is 30.9 Å². The van der Waals surface area contributed by atoms with Gasteiger partial charge in [0.15, 0.2) is 5.96 Å². The summed E-state index contributed by atoms with van der Waals surface area (Å²) in [5.41, 5.74) is 0.978. The Morgan fingerprint density at radius 3 is 2.85 bits per heavy atom. The maximum atomic E-state index is 11.4. The number of anilines is 1. The third kappa shape index (κ3) is 6.44. The highest BCUT2D eigenvalue weighted by atomic mass is 35.5. The lowest BCUT2D eigenvalue weighted by molar-refractivity contribution is 0.415. The number of hydrogen-bond donors (Lipinski definition) is 3. The smallest absolute Gasteiger partial charge is 0.211 e. The number of rotatable bonds is 8. The first-order valence-corrected chi connectivity index (χ1v) is 10.9. The van der Waals surface area contributed by atoms with Gasteiger partial charge in [-0.25, -0.2) is 13.1 Å². The summed E-state index contributed by atoms with van der Waals surface area (Å²) in [7, 11) is 0.168. The normalized spacial score (nSPS) is 17.9. The molecule has 0 bridgehead atoms. The van der Waals surface area contributed by atoms with Crippen LogP contribution >= 0.6 is 11.6 Å². The van der Waals surface area contributed by atoms with Gasteiger partial charge in [-0.1, -0.05) is 11.6 Å². The number of methoxy groups -OCH3 is 1. The Morgan fingerprint density at radius 2 is 2.19 bits per heavy atom. The number of sulfonamides is 1. The summed E-state index contributed by atoms with van der Waals surface area (Å²) in [5, 5.41) is 7.18. The quantitative estimate of drug-likeness (QED) is 0.332. The van der Waals surface area contributed by atoms with E-state index in [4.69, 9.17) is 16.3 Å². The molecule has 1 saturated heterocycles. The molecule has 0 aliphatic carbocycles. The van der Waals surface area contributed by atoms with Crippen molar-refractivity contribution in [1.82, 2.24) is 15.4 Å². The zero-order valence-corrected chi connectivity index (χ0v) is 17.5. The molecule has 27 heavy (non-hydrogen) atoms. The number of ether oxygens (including phenoxy) is 1. The Balaban J connectivity index is 1.85. The number of aliphatic imine (C=N–C) groups is 1. The van der Waals surface area contributed by atoms with E-state index in [-0.39, 0.29) is 11.8 Å². The fraction of sp³-hybridized carbons (Fsp3) is 0.588. The molecule has 0 spiro atoms. The number of benzene rings is 1. The molecule has 2 rings (SSSR count). The van der Waals surface area contributed by atoms with Crippen LogP contribution in [0.25, 0.3) is 0 Å². The van der Waals surface area contributed by atoms with E-state index < -0.39 is 10.0 Å². The molecular formula is C17H28ClN5O3S. The lowest BCUT2D eigenvalue weighted by Crippen LogP contribution is -2.46. The molecule has 1 fully saturated rings. The number of halogens is 1. The summed E-state index contributed by atoms with van der Waals surface area (Å²) < 4.78 is 30.8. The van der Waals surface area contributed by atoms with Crippen LogP contribution < -0.4 is 25.0 Å². The molecule has 1 aromatic carbocycles. The first-order chi connectivity index (χ1) is 12.9. The Kier molecular flexibility index (Phi) is 8.00. The van der Waals surface area contributed by atoms with Crippen molar-refractivity contribution >= 4 is 33.3 Å². The first kappa shape index (κ1) is 21.6. The Bertz CT molecular complexity index is 757. The fourth-order valence-corrected chi connectivity index (χ4v) is 3.67. The van der Waals surface area contributed by atoms with Crippen LogP contribution in [0.4, 0.5) is 5.69 Å². The third-order valence-corrected chi connectivity index (χ3v) is 5.99. The van der Waals surface area contributed by atoms with Crippen molar-refractivity contribution in [2.45, 2.75) is 19.4 Å². The van der Waals surface area contributed by atoms with E-state index in [9.17, 15) is 8.42 Å². The minimum Gasteiger partial charge on any atom is -0.495 e. The highest BCUT2D eigenvalue weighted by molar-refractivity contribution is 7.89. The predicted molar refractivity (Wildman–Crippen MR) is 111 cm³/mol. The van der Waals surface area contributed by atoms with Crippen molar-refractivity contribution in [2.24, 2.45) is 4.99 Å². The minimum atomic E-state index is -3.17. The Labute approximate surface area is 166 Å². The van der Waals surface area contributed by atoms with Gasteiger partial charge in [0.2, 0.25) is 10.0 Å². The predicted octanol–water partition coefficient (Wildman–Crippen LogP) is 1.03. The molecule has 10 heteroatoms. The van der Waals surface area contributed by atoms with Gasteiger partial charge >= 0.3 is 0 Å². The number of nitrogens with one attached hydrogen (secondary N) is 3. The van der Waals surface area contributed by atoms with Gasteiger partial charge in [-0.3, -0.25) is 4.99 Å². The van der Waals surface area contributed by atoms with Crippen LogP contribution in [0, 0.1) is 0 Å². The minimum absolute atomic E-state index is 0.0743. The summed E-state index contributed by atoms with van der Waals surface area (Å²) in [5.74, 6) is 1.52. The summed E-state index contributed by atoms with van der Waals surface area (Å²) in [6.45, 7) is 4.05. The van der Waals surface area contributed by atoms with Crippen molar-refractivity contribution in [2.75, 3.05) is 51.0 Å². The molecule has 0 radical (unpaired) electrons. The summed E-state index contributed by atoms with van der Waals surface area (Å²) in [6, 6.07) is 5.81. The van der Waals surface area contributed by atoms with Crippen LogP contribution in [0.15, 0.2) is 23.2 Å². The highest BCUT2D eigenvalue weighted by Crippen LogP contribution is 2.33. The molecule has 0 saturated carbocycles. The standard InChI is InChI=1S/C17H28ClN5O3S/c1-4-27(24,25)21-9-8-20-17(19-2)22-14-7-10-23(12-14)15-11-13(18)5-6-16(15)26-3/h5-6,11,14,21H,4,7-10,12H2,1-3H3,(H2,19,20,22). The van der Waals surface area contributed by atoms with Crippen molar-refractivity contribution in [3.05, 3.63) is 23.2 Å². The lowest BCUT2D eigenvalue weighted by Gasteiger charge is -2.22. The maximum Gasteiger partial charge on any atom is 0.211 e. The second kappa shape index (κ2) is 10.0. The Morgan fingerprint density at radius 1 is 1.41 bits per heavy atom. The van der Waals surface area contributed by atoms with E-state index in [0.29, 0.717) is 24.1 Å². The summed E-state index contributed by atoms with van der Waals surface area (Å²) in [6.07, 6.45) is 0.943. The SMILES string of the molecule is CCS(=O)(=O)NCCNC(=NC)NC1CCN(c2cc(Cl)ccc2OC)C1. The first-order valence-electron chi connectivity index (χ1n) is 8.91. The van der Waals surface area contributed by atoms with Gasteiger partial charge in [-0.2, -0.15) is 0 Å². The van der Waals surface area contributed by atoms with E-state index in [1.807, 2.05) is 18.2 Å². The van der Waals surface area contributed by atoms with Crippen LogP contribution in [-0.4, -0.2) is 66.5 Å². The average molecular weight is 418 g/mol. The Hall–Kier alpha value is -1.71. The van der Waals surface area contributed by atoms with Crippen molar-refractivity contribution in [3.63, 3.8) is 0 Å². The van der Waals surface area contributed by atoms with Crippen molar-refractivity contribution < 1.29 is 13.2 Å². The molecule has 1 aliphatic heterocycles. The highest BCUT2D eigenvalue weighted by Gasteiger charge is 2.25. The number of hydrogen-bond acceptors (Lipinski definition) is 5. The number of guanidine groups is 1. The monoisotopic (exact) mass is 417 g/mol. The molecule has 1 unspecified atom stereocenters. The molecule has 8 nitrogen and oxygen atoms in total. The van der Waals surface area contributed by atoms with Crippen molar-refractivity contribution in [3.8, 4) is 5.75 Å². The fourth-order valence-electron chi connectivity index (χ4n) is 2.88. The van der Waals surface area contributed by atoms with E-state index >= 15 is 0 Å². The van der Waals surface area contributed by atoms with E-state index in [1.54, 1.807) is 21.1 Å². The topological polar surface area (TPSA) is 95.1 Å². The summed E-state index contributed by atoms with van der Waals surface area (Å²) in [4.78, 5) is 6.43. The molecule has 0 amide bonds. The molecular weight excluding hydrogens is 390 g/mol. The van der Waals surface area contributed by atoms with Crippen molar-refractivity contribution in [1.29, 1.82) is 0 Å². The van der Waals surface area contributed by atoms with Gasteiger partial charge in [-0.15, -0.1) is 0 Å². The third-order valence-electron chi connectivity index (χ3n) is 4.35. The van der Waals surface area contributed by atoms with Crippen LogP contribution in [0.5, 0.6) is 5.75 Å². The molecule has 0 aromatic heterocycles.